The summed E-state index contributed by atoms with van der Waals surface area (Å²) in [7, 11) is 0. The molecule has 23 heavy (non-hydrogen) atoms. The van der Waals surface area contributed by atoms with Gasteiger partial charge in [0.25, 0.3) is 0 Å². The molecular formula is C17H24N2O3S. The zero-order valence-electron chi connectivity index (χ0n) is 13.5. The number of carbonyl (C=O) groups excluding carboxylic acids is 2. The average molecular weight is 336 g/mol. The molecule has 2 heterocycles. The van der Waals surface area contributed by atoms with Gasteiger partial charge in [0.1, 0.15) is 0 Å². The molecule has 1 unspecified atom stereocenters. The van der Waals surface area contributed by atoms with E-state index in [0.717, 1.165) is 25.8 Å². The Morgan fingerprint density at radius 2 is 2.22 bits per heavy atom. The number of hydrogen-bond donors (Lipinski definition) is 2. The molecule has 1 aliphatic carbocycles. The number of fused-ring (bicyclic) bond motifs is 1. The lowest BCUT2D eigenvalue weighted by molar-refractivity contribution is -0.134. The first-order valence-electron chi connectivity index (χ1n) is 8.27. The van der Waals surface area contributed by atoms with Gasteiger partial charge in [0, 0.05) is 30.8 Å². The Hall–Kier alpha value is -1.40. The van der Waals surface area contributed by atoms with Gasteiger partial charge in [0.2, 0.25) is 11.8 Å². The molecule has 2 N–H and O–H groups in total. The lowest BCUT2D eigenvalue weighted by atomic mass is 9.96. The number of aliphatic hydroxyl groups excluding tert-OH is 1. The highest BCUT2D eigenvalue weighted by atomic mass is 32.1. The van der Waals surface area contributed by atoms with Crippen LogP contribution in [-0.2, 0) is 22.6 Å². The van der Waals surface area contributed by atoms with E-state index in [1.807, 2.05) is 11.8 Å². The van der Waals surface area contributed by atoms with Crippen molar-refractivity contribution in [3.8, 4) is 0 Å². The van der Waals surface area contributed by atoms with Gasteiger partial charge in [-0.25, -0.2) is 0 Å². The molecule has 3 rings (SSSR count). The van der Waals surface area contributed by atoms with Gasteiger partial charge in [-0.15, -0.1) is 11.3 Å². The lowest BCUT2D eigenvalue weighted by Gasteiger charge is -2.29. The van der Waals surface area contributed by atoms with E-state index in [2.05, 4.69) is 16.8 Å². The normalized spacial score (nSPS) is 19.8. The van der Waals surface area contributed by atoms with Crippen molar-refractivity contribution in [2.45, 2.75) is 51.1 Å². The topological polar surface area (TPSA) is 69.6 Å². The number of nitrogens with zero attached hydrogens (tertiary/aromatic N) is 1. The molecule has 0 saturated heterocycles. The summed E-state index contributed by atoms with van der Waals surface area (Å²) in [4.78, 5) is 27.6. The Balaban J connectivity index is 1.46. The highest BCUT2D eigenvalue weighted by Crippen LogP contribution is 2.39. The van der Waals surface area contributed by atoms with Gasteiger partial charge >= 0.3 is 0 Å². The van der Waals surface area contributed by atoms with E-state index in [0.29, 0.717) is 12.5 Å². The molecule has 126 valence electrons. The van der Waals surface area contributed by atoms with Gasteiger partial charge in [-0.2, -0.15) is 0 Å². The number of amides is 2. The number of aliphatic hydroxyl groups is 1. The van der Waals surface area contributed by atoms with E-state index in [-0.39, 0.29) is 31.3 Å². The molecule has 1 aromatic heterocycles. The second-order valence-electron chi connectivity index (χ2n) is 6.83. The number of carbonyl (C=O) groups is 2. The molecule has 6 heteroatoms. The fourth-order valence-electron chi connectivity index (χ4n) is 3.21. The summed E-state index contributed by atoms with van der Waals surface area (Å²) < 4.78 is 0. The van der Waals surface area contributed by atoms with Crippen molar-refractivity contribution in [1.82, 2.24) is 10.2 Å². The van der Waals surface area contributed by atoms with Gasteiger partial charge in [-0.05, 0) is 49.1 Å². The third-order valence-corrected chi connectivity index (χ3v) is 5.98. The Kier molecular flexibility index (Phi) is 4.73. The van der Waals surface area contributed by atoms with Crippen molar-refractivity contribution in [3.05, 3.63) is 21.9 Å². The molecule has 1 atom stereocenters. The first kappa shape index (κ1) is 16.5. The number of thiophene rings is 1. The molecule has 2 aliphatic rings. The van der Waals surface area contributed by atoms with Crippen molar-refractivity contribution >= 4 is 23.2 Å². The zero-order valence-corrected chi connectivity index (χ0v) is 14.3. The van der Waals surface area contributed by atoms with Crippen LogP contribution in [0.15, 0.2) is 11.4 Å². The predicted molar refractivity (Wildman–Crippen MR) is 89.0 cm³/mol. The quantitative estimate of drug-likeness (QED) is 0.830. The van der Waals surface area contributed by atoms with Crippen molar-refractivity contribution < 1.29 is 14.7 Å². The minimum atomic E-state index is -0.531. The van der Waals surface area contributed by atoms with Crippen LogP contribution < -0.4 is 5.32 Å². The van der Waals surface area contributed by atoms with Gasteiger partial charge in [-0.1, -0.05) is 0 Å². The Morgan fingerprint density at radius 3 is 2.91 bits per heavy atom. The first-order chi connectivity index (χ1) is 11.0. The molecule has 0 bridgehead atoms. The smallest absolute Gasteiger partial charge is 0.223 e. The van der Waals surface area contributed by atoms with Gasteiger partial charge in [0.15, 0.2) is 0 Å². The molecule has 0 aromatic carbocycles. The summed E-state index contributed by atoms with van der Waals surface area (Å²) in [5.74, 6) is 0.260. The van der Waals surface area contributed by atoms with E-state index in [4.69, 9.17) is 0 Å². The molecule has 5 nitrogen and oxygen atoms in total. The van der Waals surface area contributed by atoms with Crippen LogP contribution in [0.3, 0.4) is 0 Å². The van der Waals surface area contributed by atoms with Crippen LogP contribution in [0.1, 0.15) is 43.0 Å². The van der Waals surface area contributed by atoms with Crippen LogP contribution in [0.5, 0.6) is 0 Å². The summed E-state index contributed by atoms with van der Waals surface area (Å²) >= 11 is 1.75. The third-order valence-electron chi connectivity index (χ3n) is 4.96. The fraction of sp³-hybridized carbons (Fsp3) is 0.647. The Labute approximate surface area is 140 Å². The molecule has 1 fully saturated rings. The summed E-state index contributed by atoms with van der Waals surface area (Å²) in [6.07, 6.45) is 3.43. The summed E-state index contributed by atoms with van der Waals surface area (Å²) in [6.45, 7) is 3.23. The van der Waals surface area contributed by atoms with Crippen LogP contribution in [0.2, 0.25) is 0 Å². The summed E-state index contributed by atoms with van der Waals surface area (Å²) in [6, 6.07) is 2.08. The van der Waals surface area contributed by atoms with Crippen LogP contribution in [0.25, 0.3) is 0 Å². The maximum absolute atomic E-state index is 12.3. The first-order valence-corrected chi connectivity index (χ1v) is 9.14. The molecule has 2 amide bonds. The molecule has 0 spiro atoms. The van der Waals surface area contributed by atoms with E-state index < -0.39 is 5.54 Å². The Bertz CT molecular complexity index is 596. The van der Waals surface area contributed by atoms with Gasteiger partial charge in [0.05, 0.1) is 12.1 Å². The minimum absolute atomic E-state index is 0.0362. The van der Waals surface area contributed by atoms with Crippen LogP contribution in [-0.4, -0.2) is 40.5 Å². The van der Waals surface area contributed by atoms with E-state index in [9.17, 15) is 14.7 Å². The predicted octanol–water partition coefficient (Wildman–Crippen LogP) is 1.69. The van der Waals surface area contributed by atoms with E-state index in [1.54, 1.807) is 11.3 Å². The van der Waals surface area contributed by atoms with Crippen LogP contribution >= 0.6 is 11.3 Å². The second-order valence-corrected chi connectivity index (χ2v) is 7.83. The Morgan fingerprint density at radius 1 is 1.43 bits per heavy atom. The third kappa shape index (κ3) is 3.75. The molecule has 1 aromatic rings. The second kappa shape index (κ2) is 6.61. The molecule has 1 saturated carbocycles. The molecular weight excluding hydrogens is 312 g/mol. The number of nitrogens with one attached hydrogen (secondary N) is 1. The van der Waals surface area contributed by atoms with Crippen molar-refractivity contribution in [1.29, 1.82) is 0 Å². The van der Waals surface area contributed by atoms with Crippen molar-refractivity contribution in [2.24, 2.45) is 5.92 Å². The number of rotatable bonds is 6. The highest BCUT2D eigenvalue weighted by molar-refractivity contribution is 7.10. The minimum Gasteiger partial charge on any atom is -0.394 e. The highest BCUT2D eigenvalue weighted by Gasteiger charge is 2.42. The maximum Gasteiger partial charge on any atom is 0.223 e. The van der Waals surface area contributed by atoms with Crippen LogP contribution in [0, 0.1) is 5.92 Å². The number of hydrogen-bond acceptors (Lipinski definition) is 4. The fourth-order valence-corrected chi connectivity index (χ4v) is 4.10. The SMILES string of the molecule is CC(CO)(NC(=O)CCC(=O)N1CCc2sccc2C1)C1CC1. The van der Waals surface area contributed by atoms with Gasteiger partial charge in [-0.3, -0.25) is 9.59 Å². The van der Waals surface area contributed by atoms with Crippen molar-refractivity contribution in [2.75, 3.05) is 13.2 Å². The van der Waals surface area contributed by atoms with Crippen molar-refractivity contribution in [3.63, 3.8) is 0 Å². The molecule has 1 aliphatic heterocycles. The molecule has 0 radical (unpaired) electrons. The van der Waals surface area contributed by atoms with Gasteiger partial charge < -0.3 is 15.3 Å². The zero-order chi connectivity index (χ0) is 16.4. The van der Waals surface area contributed by atoms with E-state index >= 15 is 0 Å². The maximum atomic E-state index is 12.3. The lowest BCUT2D eigenvalue weighted by Crippen LogP contribution is -2.51. The summed E-state index contributed by atoms with van der Waals surface area (Å²) in [5.41, 5.74) is 0.706. The van der Waals surface area contributed by atoms with Crippen LogP contribution in [0.4, 0.5) is 0 Å². The average Bonchev–Trinajstić information content (AvgIpc) is 3.31. The van der Waals surface area contributed by atoms with E-state index in [1.165, 1.54) is 10.4 Å². The standard InChI is InChI=1S/C17H24N2O3S/c1-17(11-20,13-2-3-13)18-15(21)4-5-16(22)19-8-6-14-12(10-19)7-9-23-14/h7,9,13,20H,2-6,8,10-11H2,1H3,(H,18,21). The summed E-state index contributed by atoms with van der Waals surface area (Å²) in [5, 5.41) is 14.5. The monoisotopic (exact) mass is 336 g/mol. The largest absolute Gasteiger partial charge is 0.394 e.